The minimum absolute atomic E-state index is 0.123. The monoisotopic (exact) mass is 179 g/mol. The van der Waals surface area contributed by atoms with Crippen molar-refractivity contribution in [2.24, 2.45) is 5.73 Å². The molecule has 1 aliphatic heterocycles. The Morgan fingerprint density at radius 2 is 2.46 bits per heavy atom. The fourth-order valence-corrected chi connectivity index (χ4v) is 1.82. The number of fused-ring (bicyclic) bond motifs is 1. The van der Waals surface area contributed by atoms with Gasteiger partial charge in [0.2, 0.25) is 0 Å². The molecule has 1 unspecified atom stereocenters. The van der Waals surface area contributed by atoms with Gasteiger partial charge in [0, 0.05) is 25.2 Å². The first kappa shape index (κ1) is 8.75. The lowest BCUT2D eigenvalue weighted by molar-refractivity contribution is 0.522. The molecule has 0 saturated carbocycles. The third-order valence-corrected chi connectivity index (χ3v) is 2.75. The third kappa shape index (κ3) is 1.61. The van der Waals surface area contributed by atoms with Crippen LogP contribution in [-0.2, 0) is 13.0 Å². The summed E-state index contributed by atoms with van der Waals surface area (Å²) in [6.45, 7) is 3.22. The Hall–Kier alpha value is -0.830. The Balaban J connectivity index is 2.25. The van der Waals surface area contributed by atoms with Gasteiger partial charge in [-0.1, -0.05) is 6.92 Å². The van der Waals surface area contributed by atoms with E-state index in [-0.39, 0.29) is 6.04 Å². The van der Waals surface area contributed by atoms with Crippen LogP contribution >= 0.6 is 0 Å². The Morgan fingerprint density at radius 3 is 3.15 bits per heavy atom. The third-order valence-electron chi connectivity index (χ3n) is 2.75. The van der Waals surface area contributed by atoms with Crippen molar-refractivity contribution in [1.82, 2.24) is 9.55 Å². The molecule has 1 aliphatic rings. The van der Waals surface area contributed by atoms with Crippen molar-refractivity contribution in [3.05, 3.63) is 17.7 Å². The van der Waals surface area contributed by atoms with E-state index >= 15 is 0 Å². The molecule has 0 aliphatic carbocycles. The standard InChI is InChI=1S/C10H17N3/c1-2-8(11)9-7-13-6-4-3-5-10(13)12-9/h7-8H,2-6,11H2,1H3. The van der Waals surface area contributed by atoms with Crippen molar-refractivity contribution >= 4 is 0 Å². The van der Waals surface area contributed by atoms with Gasteiger partial charge >= 0.3 is 0 Å². The maximum Gasteiger partial charge on any atom is 0.109 e. The summed E-state index contributed by atoms with van der Waals surface area (Å²) in [6, 6.07) is 0.123. The molecule has 2 N–H and O–H groups in total. The summed E-state index contributed by atoms with van der Waals surface area (Å²) in [4.78, 5) is 4.56. The smallest absolute Gasteiger partial charge is 0.109 e. The molecule has 13 heavy (non-hydrogen) atoms. The fraction of sp³-hybridized carbons (Fsp3) is 0.700. The second-order valence-electron chi connectivity index (χ2n) is 3.75. The van der Waals surface area contributed by atoms with Crippen molar-refractivity contribution < 1.29 is 0 Å². The van der Waals surface area contributed by atoms with E-state index in [1.54, 1.807) is 0 Å². The first-order valence-corrected chi connectivity index (χ1v) is 5.12. The molecule has 2 rings (SSSR count). The van der Waals surface area contributed by atoms with Crippen LogP contribution in [0.4, 0.5) is 0 Å². The zero-order valence-electron chi connectivity index (χ0n) is 8.16. The van der Waals surface area contributed by atoms with E-state index in [2.05, 4.69) is 22.7 Å². The van der Waals surface area contributed by atoms with E-state index in [0.29, 0.717) is 0 Å². The lowest BCUT2D eigenvalue weighted by Gasteiger charge is -2.11. The molecule has 0 fully saturated rings. The van der Waals surface area contributed by atoms with Gasteiger partial charge in [-0.05, 0) is 19.3 Å². The molecule has 0 saturated heterocycles. The predicted molar refractivity (Wildman–Crippen MR) is 52.4 cm³/mol. The summed E-state index contributed by atoms with van der Waals surface area (Å²) in [5.41, 5.74) is 7.00. The minimum Gasteiger partial charge on any atom is -0.335 e. The van der Waals surface area contributed by atoms with Crippen LogP contribution in [0.3, 0.4) is 0 Å². The van der Waals surface area contributed by atoms with Crippen molar-refractivity contribution in [3.8, 4) is 0 Å². The SMILES string of the molecule is CCC(N)c1cn2c(n1)CCCC2. The van der Waals surface area contributed by atoms with E-state index in [9.17, 15) is 0 Å². The summed E-state index contributed by atoms with van der Waals surface area (Å²) in [5, 5.41) is 0. The number of hydrogen-bond donors (Lipinski definition) is 1. The molecule has 2 heterocycles. The van der Waals surface area contributed by atoms with Gasteiger partial charge in [0.15, 0.2) is 0 Å². The van der Waals surface area contributed by atoms with Gasteiger partial charge < -0.3 is 10.3 Å². The van der Waals surface area contributed by atoms with E-state index in [1.807, 2.05) is 0 Å². The summed E-state index contributed by atoms with van der Waals surface area (Å²) in [5.74, 6) is 1.23. The highest BCUT2D eigenvalue weighted by Crippen LogP contribution is 2.18. The van der Waals surface area contributed by atoms with Gasteiger partial charge in [-0.15, -0.1) is 0 Å². The minimum atomic E-state index is 0.123. The fourth-order valence-electron chi connectivity index (χ4n) is 1.82. The highest BCUT2D eigenvalue weighted by atomic mass is 15.1. The van der Waals surface area contributed by atoms with Crippen LogP contribution in [0.1, 0.15) is 43.7 Å². The van der Waals surface area contributed by atoms with Crippen molar-refractivity contribution in [2.75, 3.05) is 0 Å². The highest BCUT2D eigenvalue weighted by Gasteiger charge is 2.14. The number of nitrogens with zero attached hydrogens (tertiary/aromatic N) is 2. The Bertz CT molecular complexity index is 267. The predicted octanol–water partition coefficient (Wildman–Crippen LogP) is 1.63. The Morgan fingerprint density at radius 1 is 1.62 bits per heavy atom. The van der Waals surface area contributed by atoms with E-state index in [1.165, 1.54) is 18.7 Å². The number of nitrogens with two attached hydrogens (primary N) is 1. The maximum atomic E-state index is 5.93. The summed E-state index contributed by atoms with van der Waals surface area (Å²) in [6.07, 6.45) is 6.78. The van der Waals surface area contributed by atoms with Crippen LogP contribution in [0.25, 0.3) is 0 Å². The van der Waals surface area contributed by atoms with Crippen LogP contribution in [0.15, 0.2) is 6.20 Å². The first-order chi connectivity index (χ1) is 6.31. The van der Waals surface area contributed by atoms with Crippen LogP contribution in [0, 0.1) is 0 Å². The average molecular weight is 179 g/mol. The molecular formula is C10H17N3. The number of aromatic nitrogens is 2. The summed E-state index contributed by atoms with van der Waals surface area (Å²) in [7, 11) is 0. The lowest BCUT2D eigenvalue weighted by atomic mass is 10.2. The van der Waals surface area contributed by atoms with E-state index in [0.717, 1.165) is 25.1 Å². The van der Waals surface area contributed by atoms with Gasteiger partial charge in [-0.25, -0.2) is 4.98 Å². The topological polar surface area (TPSA) is 43.8 Å². The lowest BCUT2D eigenvalue weighted by Crippen LogP contribution is -2.09. The second kappa shape index (κ2) is 3.50. The Kier molecular flexibility index (Phi) is 2.36. The zero-order chi connectivity index (χ0) is 9.26. The molecule has 0 aromatic carbocycles. The highest BCUT2D eigenvalue weighted by molar-refractivity contribution is 5.09. The molecule has 0 radical (unpaired) electrons. The number of hydrogen-bond acceptors (Lipinski definition) is 2. The van der Waals surface area contributed by atoms with Crippen molar-refractivity contribution in [2.45, 2.75) is 45.2 Å². The molecule has 1 aromatic heterocycles. The number of imidazole rings is 1. The number of aryl methyl sites for hydroxylation is 2. The van der Waals surface area contributed by atoms with Crippen molar-refractivity contribution in [3.63, 3.8) is 0 Å². The normalized spacial score (nSPS) is 18.3. The Labute approximate surface area is 79.0 Å². The van der Waals surface area contributed by atoms with E-state index < -0.39 is 0 Å². The van der Waals surface area contributed by atoms with Gasteiger partial charge in [0.25, 0.3) is 0 Å². The molecule has 72 valence electrons. The second-order valence-corrected chi connectivity index (χ2v) is 3.75. The summed E-state index contributed by atoms with van der Waals surface area (Å²) >= 11 is 0. The molecule has 3 nitrogen and oxygen atoms in total. The quantitative estimate of drug-likeness (QED) is 0.750. The number of rotatable bonds is 2. The van der Waals surface area contributed by atoms with E-state index in [4.69, 9.17) is 5.73 Å². The average Bonchev–Trinajstić information content (AvgIpc) is 2.59. The van der Waals surface area contributed by atoms with Gasteiger partial charge in [0.1, 0.15) is 5.82 Å². The van der Waals surface area contributed by atoms with Gasteiger partial charge in [-0.3, -0.25) is 0 Å². The molecular weight excluding hydrogens is 162 g/mol. The first-order valence-electron chi connectivity index (χ1n) is 5.12. The molecule has 1 aromatic rings. The molecule has 0 bridgehead atoms. The van der Waals surface area contributed by atoms with Crippen LogP contribution in [-0.4, -0.2) is 9.55 Å². The molecule has 3 heteroatoms. The molecule has 1 atom stereocenters. The largest absolute Gasteiger partial charge is 0.335 e. The van der Waals surface area contributed by atoms with Gasteiger partial charge in [-0.2, -0.15) is 0 Å². The zero-order valence-corrected chi connectivity index (χ0v) is 8.16. The van der Waals surface area contributed by atoms with Gasteiger partial charge in [0.05, 0.1) is 5.69 Å². The maximum absolute atomic E-state index is 5.93. The van der Waals surface area contributed by atoms with Crippen LogP contribution < -0.4 is 5.73 Å². The van der Waals surface area contributed by atoms with Crippen LogP contribution in [0.5, 0.6) is 0 Å². The molecule has 0 spiro atoms. The summed E-state index contributed by atoms with van der Waals surface area (Å²) < 4.78 is 2.26. The van der Waals surface area contributed by atoms with Crippen LogP contribution in [0.2, 0.25) is 0 Å². The van der Waals surface area contributed by atoms with Crippen molar-refractivity contribution in [1.29, 1.82) is 0 Å². The molecule has 0 amide bonds.